The molecule has 0 fully saturated rings. The number of sulfonamides is 1. The molecule has 0 unspecified atom stereocenters. The predicted molar refractivity (Wildman–Crippen MR) is 72.2 cm³/mol. The van der Waals surface area contributed by atoms with Crippen molar-refractivity contribution in [2.45, 2.75) is 11.8 Å². The maximum atomic E-state index is 11.6. The lowest BCUT2D eigenvalue weighted by Gasteiger charge is -2.10. The first-order valence-corrected chi connectivity index (χ1v) is 7.11. The van der Waals surface area contributed by atoms with Gasteiger partial charge in [-0.25, -0.2) is 13.1 Å². The fraction of sp³-hybridized carbons (Fsp3) is 0.364. The summed E-state index contributed by atoms with van der Waals surface area (Å²) >= 11 is 0. The molecule has 8 heteroatoms. The van der Waals surface area contributed by atoms with Gasteiger partial charge in [0, 0.05) is 5.69 Å². The Kier molecular flexibility index (Phi) is 5.13. The van der Waals surface area contributed by atoms with Crippen LogP contribution in [-0.2, 0) is 19.6 Å². The summed E-state index contributed by atoms with van der Waals surface area (Å²) in [6.45, 7) is 2.01. The van der Waals surface area contributed by atoms with Crippen molar-refractivity contribution in [3.8, 4) is 0 Å². The van der Waals surface area contributed by atoms with Crippen molar-refractivity contribution < 1.29 is 17.9 Å². The zero-order chi connectivity index (χ0) is 14.5. The van der Waals surface area contributed by atoms with E-state index in [9.17, 15) is 13.2 Å². The molecule has 7 nitrogen and oxygen atoms in total. The van der Waals surface area contributed by atoms with Crippen LogP contribution in [-0.4, -0.2) is 34.6 Å². The summed E-state index contributed by atoms with van der Waals surface area (Å²) in [6, 6.07) is 4.35. The van der Waals surface area contributed by atoms with Gasteiger partial charge in [-0.3, -0.25) is 4.79 Å². The molecule has 1 aromatic carbocycles. The molecule has 0 radical (unpaired) electrons. The molecule has 0 atom stereocenters. The maximum absolute atomic E-state index is 11.6. The molecule has 0 saturated carbocycles. The van der Waals surface area contributed by atoms with Crippen LogP contribution in [0, 0.1) is 0 Å². The van der Waals surface area contributed by atoms with Gasteiger partial charge >= 0.3 is 5.97 Å². The third-order valence-electron chi connectivity index (χ3n) is 2.31. The Labute approximate surface area is 112 Å². The van der Waals surface area contributed by atoms with Gasteiger partial charge in [-0.05, 0) is 32.2 Å². The van der Waals surface area contributed by atoms with Gasteiger partial charge in [-0.15, -0.1) is 0 Å². The molecule has 106 valence electrons. The average Bonchev–Trinajstić information content (AvgIpc) is 2.36. The number of anilines is 2. The Bertz CT molecular complexity index is 557. The SMILES string of the molecule is CCOC(=O)CNc1ccc(S(=O)(=O)NC)c(N)c1. The van der Waals surface area contributed by atoms with Crippen molar-refractivity contribution in [3.05, 3.63) is 18.2 Å². The number of benzene rings is 1. The minimum atomic E-state index is -3.58. The number of carbonyl (C=O) groups is 1. The van der Waals surface area contributed by atoms with Crippen LogP contribution in [0.5, 0.6) is 0 Å². The van der Waals surface area contributed by atoms with E-state index in [1.807, 2.05) is 0 Å². The van der Waals surface area contributed by atoms with Crippen molar-refractivity contribution in [1.82, 2.24) is 4.72 Å². The summed E-state index contributed by atoms with van der Waals surface area (Å²) < 4.78 is 30.1. The van der Waals surface area contributed by atoms with Gasteiger partial charge < -0.3 is 15.8 Å². The van der Waals surface area contributed by atoms with Crippen molar-refractivity contribution in [1.29, 1.82) is 0 Å². The van der Waals surface area contributed by atoms with Crippen LogP contribution in [0.1, 0.15) is 6.92 Å². The zero-order valence-electron chi connectivity index (χ0n) is 10.8. The van der Waals surface area contributed by atoms with E-state index in [-0.39, 0.29) is 17.1 Å². The number of rotatable bonds is 6. The zero-order valence-corrected chi connectivity index (χ0v) is 11.6. The van der Waals surface area contributed by atoms with E-state index in [1.54, 1.807) is 6.92 Å². The standard InChI is InChI=1S/C11H17N3O4S/c1-3-18-11(15)7-14-8-4-5-10(9(12)6-8)19(16,17)13-2/h4-6,13-14H,3,7,12H2,1-2H3. The van der Waals surface area contributed by atoms with Crippen LogP contribution in [0.4, 0.5) is 11.4 Å². The van der Waals surface area contributed by atoms with Gasteiger partial charge in [0.2, 0.25) is 10.0 Å². The first-order chi connectivity index (χ1) is 8.90. The van der Waals surface area contributed by atoms with Crippen molar-refractivity contribution >= 4 is 27.4 Å². The summed E-state index contributed by atoms with van der Waals surface area (Å²) in [4.78, 5) is 11.1. The highest BCUT2D eigenvalue weighted by molar-refractivity contribution is 7.89. The van der Waals surface area contributed by atoms with Gasteiger partial charge in [-0.1, -0.05) is 0 Å². The normalized spacial score (nSPS) is 11.1. The quantitative estimate of drug-likeness (QED) is 0.507. The summed E-state index contributed by atoms with van der Waals surface area (Å²) in [5.41, 5.74) is 6.32. The number of nitrogens with two attached hydrogens (primary N) is 1. The molecule has 0 heterocycles. The van der Waals surface area contributed by atoms with E-state index in [0.717, 1.165) is 0 Å². The third-order valence-corrected chi connectivity index (χ3v) is 3.80. The van der Waals surface area contributed by atoms with Gasteiger partial charge in [0.1, 0.15) is 11.4 Å². The lowest BCUT2D eigenvalue weighted by molar-refractivity contribution is -0.140. The first kappa shape index (κ1) is 15.3. The first-order valence-electron chi connectivity index (χ1n) is 5.63. The second-order valence-corrected chi connectivity index (χ2v) is 5.47. The molecule has 0 spiro atoms. The van der Waals surface area contributed by atoms with Crippen molar-refractivity contribution in [2.75, 3.05) is 31.2 Å². The maximum Gasteiger partial charge on any atom is 0.325 e. The predicted octanol–water partition coefficient (Wildman–Crippen LogP) is 0.152. The minimum absolute atomic E-state index is 0.00307. The highest BCUT2D eigenvalue weighted by atomic mass is 32.2. The summed E-state index contributed by atoms with van der Waals surface area (Å²) in [5, 5.41) is 2.80. The van der Waals surface area contributed by atoms with Crippen LogP contribution in [0.25, 0.3) is 0 Å². The Morgan fingerprint density at radius 2 is 2.11 bits per heavy atom. The molecule has 0 aromatic heterocycles. The highest BCUT2D eigenvalue weighted by Crippen LogP contribution is 2.21. The Morgan fingerprint density at radius 1 is 1.42 bits per heavy atom. The monoisotopic (exact) mass is 287 g/mol. The lowest BCUT2D eigenvalue weighted by Crippen LogP contribution is -2.20. The van der Waals surface area contributed by atoms with Gasteiger partial charge in [0.05, 0.1) is 12.3 Å². The smallest absolute Gasteiger partial charge is 0.325 e. The number of esters is 1. The lowest BCUT2D eigenvalue weighted by atomic mass is 10.3. The molecule has 19 heavy (non-hydrogen) atoms. The van der Waals surface area contributed by atoms with E-state index in [1.165, 1.54) is 25.2 Å². The minimum Gasteiger partial charge on any atom is -0.465 e. The number of hydrogen-bond acceptors (Lipinski definition) is 6. The van der Waals surface area contributed by atoms with Gasteiger partial charge in [0.25, 0.3) is 0 Å². The Morgan fingerprint density at radius 3 is 2.63 bits per heavy atom. The fourth-order valence-corrected chi connectivity index (χ4v) is 2.24. The number of nitrogens with one attached hydrogen (secondary N) is 2. The third kappa shape index (κ3) is 4.11. The number of hydrogen-bond donors (Lipinski definition) is 3. The molecule has 0 saturated heterocycles. The molecule has 1 aromatic rings. The summed E-state index contributed by atoms with van der Waals surface area (Å²) in [6.07, 6.45) is 0. The second kappa shape index (κ2) is 6.39. The molecule has 4 N–H and O–H groups in total. The van der Waals surface area contributed by atoms with Crippen LogP contribution in [0.15, 0.2) is 23.1 Å². The number of ether oxygens (including phenoxy) is 1. The topological polar surface area (TPSA) is 111 Å². The van der Waals surface area contributed by atoms with Crippen LogP contribution >= 0.6 is 0 Å². The molecule has 0 bridgehead atoms. The molecule has 1 rings (SSSR count). The van der Waals surface area contributed by atoms with Crippen LogP contribution in [0.3, 0.4) is 0 Å². The Balaban J connectivity index is 2.81. The molecule has 0 amide bonds. The van der Waals surface area contributed by atoms with Gasteiger partial charge in [0.15, 0.2) is 0 Å². The van der Waals surface area contributed by atoms with E-state index < -0.39 is 16.0 Å². The summed E-state index contributed by atoms with van der Waals surface area (Å²) in [5.74, 6) is -0.395. The average molecular weight is 287 g/mol. The second-order valence-electron chi connectivity index (χ2n) is 3.62. The van der Waals surface area contributed by atoms with E-state index >= 15 is 0 Å². The molecular weight excluding hydrogens is 270 g/mol. The van der Waals surface area contributed by atoms with E-state index in [0.29, 0.717) is 12.3 Å². The van der Waals surface area contributed by atoms with Crippen LogP contribution in [0.2, 0.25) is 0 Å². The number of nitrogen functional groups attached to an aromatic ring is 1. The Hall–Kier alpha value is -1.80. The molecular formula is C11H17N3O4S. The van der Waals surface area contributed by atoms with Crippen molar-refractivity contribution in [3.63, 3.8) is 0 Å². The molecule has 0 aliphatic carbocycles. The largest absolute Gasteiger partial charge is 0.465 e. The van der Waals surface area contributed by atoms with E-state index in [4.69, 9.17) is 10.5 Å². The highest BCUT2D eigenvalue weighted by Gasteiger charge is 2.15. The van der Waals surface area contributed by atoms with E-state index in [2.05, 4.69) is 10.0 Å². The fourth-order valence-electron chi connectivity index (χ4n) is 1.40. The molecule has 0 aliphatic heterocycles. The number of carbonyl (C=O) groups excluding carboxylic acids is 1. The van der Waals surface area contributed by atoms with Crippen LogP contribution < -0.4 is 15.8 Å². The van der Waals surface area contributed by atoms with Gasteiger partial charge in [-0.2, -0.15) is 0 Å². The van der Waals surface area contributed by atoms with Crippen molar-refractivity contribution in [2.24, 2.45) is 0 Å². The summed E-state index contributed by atoms with van der Waals surface area (Å²) in [7, 11) is -2.27. The molecule has 0 aliphatic rings.